The van der Waals surface area contributed by atoms with E-state index >= 15 is 0 Å². The van der Waals surface area contributed by atoms with Crippen molar-refractivity contribution < 1.29 is 19.4 Å². The van der Waals surface area contributed by atoms with Crippen molar-refractivity contribution >= 4 is 40.0 Å². The molecule has 14 heteroatoms. The zero-order chi connectivity index (χ0) is 29.2. The minimum Gasteiger partial charge on any atom is -0.494 e. The molecule has 0 aromatic heterocycles. The van der Waals surface area contributed by atoms with Gasteiger partial charge in [-0.2, -0.15) is 10.5 Å². The SMILES string of the molecule is COc1cc(N=Nc2c(C#N)cc([N+](=O)[O-])cc2[N+](=O)[O-])c(NC(C)=O)cc1N(CCC#N)Cc1ccccc1. The van der Waals surface area contributed by atoms with E-state index in [1.807, 2.05) is 35.2 Å². The number of rotatable bonds is 11. The van der Waals surface area contributed by atoms with Crippen molar-refractivity contribution in [3.8, 4) is 17.9 Å². The molecule has 0 saturated carbocycles. The number of hydrogen-bond acceptors (Lipinski definition) is 11. The molecule has 0 saturated heterocycles. The number of carbonyl (C=O) groups is 1. The molecule has 0 unspecified atom stereocenters. The molecular weight excluding hydrogens is 520 g/mol. The molecule has 0 bridgehead atoms. The number of hydrogen-bond donors (Lipinski definition) is 1. The predicted octanol–water partition coefficient (Wildman–Crippen LogP) is 5.68. The first-order valence-corrected chi connectivity index (χ1v) is 11.6. The summed E-state index contributed by atoms with van der Waals surface area (Å²) in [7, 11) is 1.41. The van der Waals surface area contributed by atoms with Crippen LogP contribution in [0.1, 0.15) is 24.5 Å². The Morgan fingerprint density at radius 2 is 1.80 bits per heavy atom. The highest BCUT2D eigenvalue weighted by atomic mass is 16.6. The van der Waals surface area contributed by atoms with E-state index in [0.29, 0.717) is 30.6 Å². The van der Waals surface area contributed by atoms with Crippen LogP contribution >= 0.6 is 0 Å². The summed E-state index contributed by atoms with van der Waals surface area (Å²) in [5.41, 5.74) is -0.662. The maximum Gasteiger partial charge on any atom is 0.304 e. The summed E-state index contributed by atoms with van der Waals surface area (Å²) < 4.78 is 5.57. The molecule has 1 N–H and O–H groups in total. The van der Waals surface area contributed by atoms with Crippen LogP contribution in [0.25, 0.3) is 0 Å². The van der Waals surface area contributed by atoms with Crippen molar-refractivity contribution in [2.24, 2.45) is 10.2 Å². The van der Waals surface area contributed by atoms with Crippen LogP contribution in [-0.4, -0.2) is 29.4 Å². The van der Waals surface area contributed by atoms with E-state index in [1.165, 1.54) is 20.1 Å². The molecule has 0 aliphatic rings. The van der Waals surface area contributed by atoms with Gasteiger partial charge in [0.1, 0.15) is 17.5 Å². The van der Waals surface area contributed by atoms with Gasteiger partial charge in [0.05, 0.1) is 52.5 Å². The summed E-state index contributed by atoms with van der Waals surface area (Å²) in [6, 6.07) is 17.8. The molecule has 0 fully saturated rings. The van der Waals surface area contributed by atoms with Gasteiger partial charge in [0, 0.05) is 32.1 Å². The zero-order valence-electron chi connectivity index (χ0n) is 21.4. The molecule has 0 spiro atoms. The number of amides is 1. The van der Waals surface area contributed by atoms with Crippen molar-refractivity contribution in [3.05, 3.63) is 86.0 Å². The number of ether oxygens (including phenoxy) is 1. The molecule has 0 aliphatic heterocycles. The second-order valence-corrected chi connectivity index (χ2v) is 8.22. The Kier molecular flexibility index (Phi) is 9.37. The predicted molar refractivity (Wildman–Crippen MR) is 144 cm³/mol. The average Bonchev–Trinajstić information content (AvgIpc) is 2.94. The Morgan fingerprint density at radius 1 is 1.07 bits per heavy atom. The van der Waals surface area contributed by atoms with E-state index < -0.39 is 38.4 Å². The number of nitro groups is 2. The number of nitro benzene ring substituents is 2. The van der Waals surface area contributed by atoms with E-state index in [9.17, 15) is 35.5 Å². The van der Waals surface area contributed by atoms with Crippen LogP contribution in [-0.2, 0) is 11.3 Å². The highest BCUT2D eigenvalue weighted by Gasteiger charge is 2.25. The van der Waals surface area contributed by atoms with Crippen LogP contribution in [0.3, 0.4) is 0 Å². The Balaban J connectivity index is 2.17. The molecule has 0 radical (unpaired) electrons. The van der Waals surface area contributed by atoms with Crippen molar-refractivity contribution in [2.45, 2.75) is 19.9 Å². The molecule has 0 aliphatic carbocycles. The van der Waals surface area contributed by atoms with Gasteiger partial charge in [0.15, 0.2) is 5.69 Å². The van der Waals surface area contributed by atoms with Crippen LogP contribution in [0, 0.1) is 42.9 Å². The average molecular weight is 543 g/mol. The molecule has 0 heterocycles. The topological polar surface area (TPSA) is 200 Å². The number of nitriles is 2. The Labute approximate surface area is 228 Å². The van der Waals surface area contributed by atoms with Gasteiger partial charge in [-0.05, 0) is 11.6 Å². The highest BCUT2D eigenvalue weighted by molar-refractivity contribution is 5.94. The summed E-state index contributed by atoms with van der Waals surface area (Å²) in [4.78, 5) is 34.9. The molecule has 14 nitrogen and oxygen atoms in total. The molecule has 1 amide bonds. The smallest absolute Gasteiger partial charge is 0.304 e. The van der Waals surface area contributed by atoms with Crippen LogP contribution in [0.4, 0.5) is 34.1 Å². The van der Waals surface area contributed by atoms with Gasteiger partial charge in [-0.3, -0.25) is 25.0 Å². The normalized spacial score (nSPS) is 10.4. The lowest BCUT2D eigenvalue weighted by atomic mass is 10.1. The van der Waals surface area contributed by atoms with E-state index in [0.717, 1.165) is 11.6 Å². The Hall–Kier alpha value is -5.89. The molecule has 3 aromatic rings. The van der Waals surface area contributed by atoms with Gasteiger partial charge in [-0.1, -0.05) is 30.3 Å². The summed E-state index contributed by atoms with van der Waals surface area (Å²) >= 11 is 0. The van der Waals surface area contributed by atoms with E-state index in [2.05, 4.69) is 21.6 Å². The quantitative estimate of drug-likeness (QED) is 0.180. The van der Waals surface area contributed by atoms with Gasteiger partial charge in [-0.25, -0.2) is 0 Å². The van der Waals surface area contributed by atoms with Crippen molar-refractivity contribution in [1.29, 1.82) is 10.5 Å². The van der Waals surface area contributed by atoms with Crippen LogP contribution in [0.15, 0.2) is 64.8 Å². The molecule has 0 atom stereocenters. The summed E-state index contributed by atoms with van der Waals surface area (Å²) in [5.74, 6) is -0.145. The number of benzene rings is 3. The molecule has 40 heavy (non-hydrogen) atoms. The monoisotopic (exact) mass is 542 g/mol. The van der Waals surface area contributed by atoms with E-state index in [-0.39, 0.29) is 17.8 Å². The number of methoxy groups -OCH3 is 1. The van der Waals surface area contributed by atoms with Gasteiger partial charge < -0.3 is 15.0 Å². The van der Waals surface area contributed by atoms with Crippen molar-refractivity contribution in [1.82, 2.24) is 0 Å². The van der Waals surface area contributed by atoms with Crippen LogP contribution < -0.4 is 15.0 Å². The molecule has 3 rings (SSSR count). The Bertz CT molecular complexity index is 1560. The van der Waals surface area contributed by atoms with Crippen LogP contribution in [0.5, 0.6) is 5.75 Å². The van der Waals surface area contributed by atoms with Crippen molar-refractivity contribution in [2.75, 3.05) is 23.9 Å². The molecular formula is C26H22N8O6. The largest absolute Gasteiger partial charge is 0.494 e. The fraction of sp³-hybridized carbons (Fsp3) is 0.192. The Morgan fingerprint density at radius 3 is 2.38 bits per heavy atom. The number of nitrogens with zero attached hydrogens (tertiary/aromatic N) is 7. The highest BCUT2D eigenvalue weighted by Crippen LogP contribution is 2.42. The molecule has 202 valence electrons. The second-order valence-electron chi connectivity index (χ2n) is 8.22. The summed E-state index contributed by atoms with van der Waals surface area (Å²) in [5, 5.41) is 52.0. The lowest BCUT2D eigenvalue weighted by Gasteiger charge is -2.27. The number of carbonyl (C=O) groups excluding carboxylic acids is 1. The third-order valence-electron chi connectivity index (χ3n) is 5.52. The maximum atomic E-state index is 12.0. The maximum absolute atomic E-state index is 12.0. The first kappa shape index (κ1) is 28.7. The van der Waals surface area contributed by atoms with Gasteiger partial charge in [0.25, 0.3) is 5.69 Å². The summed E-state index contributed by atoms with van der Waals surface area (Å²) in [6.45, 7) is 2.03. The zero-order valence-corrected chi connectivity index (χ0v) is 21.4. The summed E-state index contributed by atoms with van der Waals surface area (Å²) in [6.07, 6.45) is 0.202. The van der Waals surface area contributed by atoms with Crippen LogP contribution in [0.2, 0.25) is 0 Å². The second kappa shape index (κ2) is 13.1. The number of non-ortho nitro benzene ring substituents is 1. The number of nitrogens with one attached hydrogen (secondary N) is 1. The third kappa shape index (κ3) is 6.90. The van der Waals surface area contributed by atoms with Gasteiger partial charge in [0.2, 0.25) is 5.91 Å². The lowest BCUT2D eigenvalue weighted by molar-refractivity contribution is -0.393. The first-order chi connectivity index (χ1) is 19.2. The van der Waals surface area contributed by atoms with E-state index in [1.54, 1.807) is 12.1 Å². The molecule has 3 aromatic carbocycles. The van der Waals surface area contributed by atoms with Gasteiger partial charge in [-0.15, -0.1) is 10.2 Å². The minimum absolute atomic E-state index is 0.0345. The standard InChI is InChI=1S/C26H22N8O6/c1-17(35)29-21-13-23(32(10-6-9-27)16-18-7-4-3-5-8-18)25(40-2)14-22(21)30-31-26-19(15-28)11-20(33(36)37)12-24(26)34(38)39/h3-5,7-8,11-14H,6,10,16H2,1-2H3,(H,29,35). The van der Waals surface area contributed by atoms with Gasteiger partial charge >= 0.3 is 5.69 Å². The third-order valence-corrected chi connectivity index (χ3v) is 5.52. The van der Waals surface area contributed by atoms with E-state index in [4.69, 9.17) is 4.74 Å². The first-order valence-electron chi connectivity index (χ1n) is 11.6. The number of azo groups is 1. The fourth-order valence-electron chi connectivity index (χ4n) is 3.76. The fourth-order valence-corrected chi connectivity index (χ4v) is 3.76. The number of anilines is 2. The minimum atomic E-state index is -0.905. The lowest BCUT2D eigenvalue weighted by Crippen LogP contribution is -2.24. The van der Waals surface area contributed by atoms with Crippen molar-refractivity contribution in [3.63, 3.8) is 0 Å².